The van der Waals surface area contributed by atoms with Gasteiger partial charge < -0.3 is 10.2 Å². The lowest BCUT2D eigenvalue weighted by Crippen LogP contribution is -2.34. The van der Waals surface area contributed by atoms with Crippen LogP contribution in [0.2, 0.25) is 0 Å². The molecule has 66 valence electrons. The smallest absolute Gasteiger partial charge is 0.318 e. The van der Waals surface area contributed by atoms with Crippen LogP contribution in [0.5, 0.6) is 0 Å². The van der Waals surface area contributed by atoms with Gasteiger partial charge in [-0.1, -0.05) is 13.8 Å². The van der Waals surface area contributed by atoms with Gasteiger partial charge in [-0.05, 0) is 5.92 Å². The molecule has 0 fully saturated rings. The van der Waals surface area contributed by atoms with E-state index in [2.05, 4.69) is 0 Å². The van der Waals surface area contributed by atoms with Crippen LogP contribution in [0.1, 0.15) is 13.8 Å². The summed E-state index contributed by atoms with van der Waals surface area (Å²) in [6, 6.07) is 0. The molecule has 0 aliphatic heterocycles. The predicted octanol–water partition coefficient (Wildman–Crippen LogP) is -0.154. The van der Waals surface area contributed by atoms with E-state index in [9.17, 15) is 10.1 Å². The first-order valence-corrected chi connectivity index (χ1v) is 3.43. The van der Waals surface area contributed by atoms with E-state index in [1.807, 2.05) is 0 Å². The van der Waals surface area contributed by atoms with Crippen molar-refractivity contribution in [2.45, 2.75) is 20.1 Å². The highest BCUT2D eigenvalue weighted by Crippen LogP contribution is 2.14. The first kappa shape index (κ1) is 10.3. The Bertz CT molecular complexity index is 137. The van der Waals surface area contributed by atoms with E-state index < -0.39 is 17.1 Å². The highest BCUT2D eigenvalue weighted by atomic mass is 16.7. The van der Waals surface area contributed by atoms with Crippen LogP contribution >= 0.6 is 0 Å². The van der Waals surface area contributed by atoms with Gasteiger partial charge in [0.1, 0.15) is 0 Å². The van der Waals surface area contributed by atoms with Crippen LogP contribution in [-0.2, 0) is 0 Å². The SMILES string of the molecule is CC(C)C(CO)C(O)[N+](=O)[O-]. The minimum Gasteiger partial charge on any atom is -0.396 e. The van der Waals surface area contributed by atoms with Gasteiger partial charge in [-0.2, -0.15) is 0 Å². The largest absolute Gasteiger partial charge is 0.396 e. The molecular formula is C6H13NO4. The van der Waals surface area contributed by atoms with Crippen LogP contribution in [-0.4, -0.2) is 28.0 Å². The third-order valence-corrected chi connectivity index (χ3v) is 1.67. The molecule has 0 rings (SSSR count). The van der Waals surface area contributed by atoms with Gasteiger partial charge in [0.15, 0.2) is 0 Å². The molecule has 0 aliphatic rings. The fraction of sp³-hybridized carbons (Fsp3) is 1.00. The summed E-state index contributed by atoms with van der Waals surface area (Å²) in [7, 11) is 0. The average Bonchev–Trinajstić information content (AvgIpc) is 1.88. The van der Waals surface area contributed by atoms with Gasteiger partial charge in [0, 0.05) is 0 Å². The summed E-state index contributed by atoms with van der Waals surface area (Å²) in [5.41, 5.74) is 0. The number of hydrogen-bond donors (Lipinski definition) is 2. The lowest BCUT2D eigenvalue weighted by Gasteiger charge is -2.17. The zero-order chi connectivity index (χ0) is 9.02. The molecule has 0 heterocycles. The number of nitrogens with zero attached hydrogens (tertiary/aromatic N) is 1. The first-order chi connectivity index (χ1) is 5.00. The minimum absolute atomic E-state index is 0.0969. The van der Waals surface area contributed by atoms with Crippen molar-refractivity contribution in [3.05, 3.63) is 10.1 Å². The topological polar surface area (TPSA) is 83.6 Å². The van der Waals surface area contributed by atoms with Crippen molar-refractivity contribution in [3.63, 3.8) is 0 Å². The lowest BCUT2D eigenvalue weighted by atomic mass is 9.95. The molecule has 5 nitrogen and oxygen atoms in total. The Morgan fingerprint density at radius 3 is 2.09 bits per heavy atom. The van der Waals surface area contributed by atoms with Crippen LogP contribution in [0.3, 0.4) is 0 Å². The van der Waals surface area contributed by atoms with E-state index >= 15 is 0 Å². The standard InChI is InChI=1S/C6H13NO4/c1-4(2)5(3-8)6(9)7(10)11/h4-6,8-9H,3H2,1-2H3. The van der Waals surface area contributed by atoms with Gasteiger partial charge in [0.05, 0.1) is 17.4 Å². The van der Waals surface area contributed by atoms with Crippen molar-refractivity contribution >= 4 is 0 Å². The van der Waals surface area contributed by atoms with Crippen molar-refractivity contribution in [2.75, 3.05) is 6.61 Å². The zero-order valence-electron chi connectivity index (χ0n) is 6.60. The molecule has 2 unspecified atom stereocenters. The average molecular weight is 163 g/mol. The van der Waals surface area contributed by atoms with Crippen molar-refractivity contribution in [3.8, 4) is 0 Å². The second kappa shape index (κ2) is 4.25. The summed E-state index contributed by atoms with van der Waals surface area (Å²) in [6.45, 7) is 3.07. The molecule has 0 saturated carbocycles. The van der Waals surface area contributed by atoms with Crippen molar-refractivity contribution < 1.29 is 15.1 Å². The highest BCUT2D eigenvalue weighted by molar-refractivity contribution is 4.63. The number of aliphatic hydroxyl groups excluding tert-OH is 2. The second-order valence-electron chi connectivity index (χ2n) is 2.79. The summed E-state index contributed by atoms with van der Waals surface area (Å²) in [6.07, 6.45) is -1.65. The molecule has 0 aliphatic carbocycles. The van der Waals surface area contributed by atoms with E-state index in [1.165, 1.54) is 0 Å². The third-order valence-electron chi connectivity index (χ3n) is 1.67. The molecular weight excluding hydrogens is 150 g/mol. The van der Waals surface area contributed by atoms with Crippen LogP contribution in [0.4, 0.5) is 0 Å². The van der Waals surface area contributed by atoms with Gasteiger partial charge in [-0.25, -0.2) is 0 Å². The molecule has 2 atom stereocenters. The maximum Gasteiger partial charge on any atom is 0.318 e. The minimum atomic E-state index is -1.65. The van der Waals surface area contributed by atoms with Crippen LogP contribution < -0.4 is 0 Å². The summed E-state index contributed by atoms with van der Waals surface area (Å²) in [5, 5.41) is 27.6. The normalized spacial score (nSPS) is 16.5. The van der Waals surface area contributed by atoms with Crippen molar-refractivity contribution in [1.29, 1.82) is 0 Å². The van der Waals surface area contributed by atoms with E-state index in [-0.39, 0.29) is 12.5 Å². The first-order valence-electron chi connectivity index (χ1n) is 3.43. The number of hydrogen-bond acceptors (Lipinski definition) is 4. The fourth-order valence-corrected chi connectivity index (χ4v) is 0.806. The predicted molar refractivity (Wildman–Crippen MR) is 38.4 cm³/mol. The summed E-state index contributed by atoms with van der Waals surface area (Å²) in [5.74, 6) is -0.773. The third kappa shape index (κ3) is 2.81. The maximum atomic E-state index is 10.0. The summed E-state index contributed by atoms with van der Waals surface area (Å²) in [4.78, 5) is 9.26. The summed E-state index contributed by atoms with van der Waals surface area (Å²) >= 11 is 0. The summed E-state index contributed by atoms with van der Waals surface area (Å²) < 4.78 is 0. The molecule has 0 bridgehead atoms. The molecule has 5 heteroatoms. The van der Waals surface area contributed by atoms with Gasteiger partial charge in [-0.15, -0.1) is 0 Å². The lowest BCUT2D eigenvalue weighted by molar-refractivity contribution is -0.583. The maximum absolute atomic E-state index is 10.0. The van der Waals surface area contributed by atoms with E-state index in [1.54, 1.807) is 13.8 Å². The van der Waals surface area contributed by atoms with Crippen molar-refractivity contribution in [1.82, 2.24) is 0 Å². The van der Waals surface area contributed by atoms with Crippen LogP contribution in [0, 0.1) is 22.0 Å². The van der Waals surface area contributed by atoms with E-state index in [4.69, 9.17) is 10.2 Å². The second-order valence-corrected chi connectivity index (χ2v) is 2.79. The molecule has 0 amide bonds. The molecule has 0 aromatic carbocycles. The van der Waals surface area contributed by atoms with E-state index in [0.29, 0.717) is 0 Å². The molecule has 0 saturated heterocycles. The Labute approximate surface area is 64.8 Å². The number of aliphatic hydroxyl groups is 2. The molecule has 0 aromatic rings. The van der Waals surface area contributed by atoms with Gasteiger partial charge in [0.2, 0.25) is 0 Å². The fourth-order valence-electron chi connectivity index (χ4n) is 0.806. The van der Waals surface area contributed by atoms with Gasteiger partial charge in [0.25, 0.3) is 0 Å². The van der Waals surface area contributed by atoms with Gasteiger partial charge >= 0.3 is 6.23 Å². The molecule has 2 N–H and O–H groups in total. The number of nitro groups is 1. The Kier molecular flexibility index (Phi) is 3.99. The Morgan fingerprint density at radius 1 is 1.55 bits per heavy atom. The van der Waals surface area contributed by atoms with Gasteiger partial charge in [-0.3, -0.25) is 10.1 Å². The Morgan fingerprint density at radius 2 is 2.00 bits per heavy atom. The molecule has 0 spiro atoms. The monoisotopic (exact) mass is 163 g/mol. The zero-order valence-corrected chi connectivity index (χ0v) is 6.60. The quantitative estimate of drug-likeness (QED) is 0.343. The van der Waals surface area contributed by atoms with Crippen LogP contribution in [0.15, 0.2) is 0 Å². The molecule has 11 heavy (non-hydrogen) atoms. The van der Waals surface area contributed by atoms with E-state index in [0.717, 1.165) is 0 Å². The van der Waals surface area contributed by atoms with Crippen molar-refractivity contribution in [2.24, 2.45) is 11.8 Å². The van der Waals surface area contributed by atoms with Crippen LogP contribution in [0.25, 0.3) is 0 Å². The number of rotatable bonds is 4. The Hall–Kier alpha value is -0.680. The Balaban J connectivity index is 4.13. The highest BCUT2D eigenvalue weighted by Gasteiger charge is 2.30. The molecule has 0 aromatic heterocycles. The molecule has 0 radical (unpaired) electrons.